The maximum absolute atomic E-state index is 12.2. The lowest BCUT2D eigenvalue weighted by atomic mass is 10.2. The highest BCUT2D eigenvalue weighted by molar-refractivity contribution is 5.92. The Morgan fingerprint density at radius 1 is 1.21 bits per heavy atom. The average Bonchev–Trinajstić information content (AvgIpc) is 3.15. The fraction of sp³-hybridized carbons (Fsp3) is 0.278. The Morgan fingerprint density at radius 3 is 2.62 bits per heavy atom. The molecule has 1 aromatic carbocycles. The third kappa shape index (κ3) is 3.37. The monoisotopic (exact) mass is 323 g/mol. The maximum Gasteiger partial charge on any atom is 0.224 e. The zero-order valence-electron chi connectivity index (χ0n) is 14.2. The van der Waals surface area contributed by atoms with Crippen molar-refractivity contribution in [3.05, 3.63) is 59.7 Å². The van der Waals surface area contributed by atoms with Crippen molar-refractivity contribution in [3.63, 3.8) is 0 Å². The Balaban J connectivity index is 1.60. The van der Waals surface area contributed by atoms with E-state index in [0.717, 1.165) is 28.3 Å². The highest BCUT2D eigenvalue weighted by Gasteiger charge is 2.12. The predicted octanol–water partition coefficient (Wildman–Crippen LogP) is 2.79. The van der Waals surface area contributed by atoms with Gasteiger partial charge in [0.1, 0.15) is 0 Å². The van der Waals surface area contributed by atoms with Crippen LogP contribution in [0.5, 0.6) is 0 Å². The number of nitrogens with one attached hydrogen (secondary N) is 1. The first kappa shape index (κ1) is 16.0. The number of aryl methyl sites for hydroxylation is 3. The molecule has 2 aromatic heterocycles. The van der Waals surface area contributed by atoms with E-state index in [9.17, 15) is 4.79 Å². The molecule has 0 saturated heterocycles. The van der Waals surface area contributed by atoms with Crippen molar-refractivity contribution in [2.24, 2.45) is 7.05 Å². The number of aromatic nitrogens is 4. The summed E-state index contributed by atoms with van der Waals surface area (Å²) < 4.78 is 3.59. The van der Waals surface area contributed by atoms with E-state index in [1.165, 1.54) is 0 Å². The Morgan fingerprint density at radius 2 is 1.96 bits per heavy atom. The SMILES string of the molecule is Cc1nn(C)c(C)c1NC(=O)CCc1cnn(-c2ccccc2)c1. The van der Waals surface area contributed by atoms with E-state index in [-0.39, 0.29) is 5.91 Å². The number of carbonyl (C=O) groups is 1. The van der Waals surface area contributed by atoms with Crippen LogP contribution in [0.4, 0.5) is 5.69 Å². The molecule has 0 aliphatic heterocycles. The summed E-state index contributed by atoms with van der Waals surface area (Å²) in [6, 6.07) is 9.92. The summed E-state index contributed by atoms with van der Waals surface area (Å²) in [5.74, 6) is -0.0124. The van der Waals surface area contributed by atoms with Gasteiger partial charge in [-0.05, 0) is 38.0 Å². The van der Waals surface area contributed by atoms with Crippen LogP contribution >= 0.6 is 0 Å². The van der Waals surface area contributed by atoms with Crippen LogP contribution in [-0.4, -0.2) is 25.5 Å². The Kier molecular flexibility index (Phi) is 4.46. The zero-order chi connectivity index (χ0) is 17.1. The quantitative estimate of drug-likeness (QED) is 0.785. The smallest absolute Gasteiger partial charge is 0.224 e. The summed E-state index contributed by atoms with van der Waals surface area (Å²) in [6.45, 7) is 3.84. The van der Waals surface area contributed by atoms with E-state index >= 15 is 0 Å². The van der Waals surface area contributed by atoms with Gasteiger partial charge < -0.3 is 5.32 Å². The first-order valence-electron chi connectivity index (χ1n) is 7.93. The summed E-state index contributed by atoms with van der Waals surface area (Å²) in [4.78, 5) is 12.2. The molecule has 1 amide bonds. The molecule has 0 spiro atoms. The largest absolute Gasteiger partial charge is 0.323 e. The van der Waals surface area contributed by atoms with Crippen molar-refractivity contribution in [2.75, 3.05) is 5.32 Å². The fourth-order valence-corrected chi connectivity index (χ4v) is 2.63. The first-order valence-corrected chi connectivity index (χ1v) is 7.93. The summed E-state index contributed by atoms with van der Waals surface area (Å²) >= 11 is 0. The molecular formula is C18H21N5O. The number of amides is 1. The summed E-state index contributed by atoms with van der Waals surface area (Å²) in [6.07, 6.45) is 4.83. The maximum atomic E-state index is 12.2. The predicted molar refractivity (Wildman–Crippen MR) is 93.2 cm³/mol. The van der Waals surface area contributed by atoms with Crippen LogP contribution in [-0.2, 0) is 18.3 Å². The lowest BCUT2D eigenvalue weighted by Gasteiger charge is -2.05. The molecule has 0 aliphatic carbocycles. The summed E-state index contributed by atoms with van der Waals surface area (Å²) in [7, 11) is 1.87. The second-order valence-electron chi connectivity index (χ2n) is 5.85. The Hall–Kier alpha value is -2.89. The van der Waals surface area contributed by atoms with Crippen molar-refractivity contribution < 1.29 is 4.79 Å². The molecule has 0 saturated carbocycles. The van der Waals surface area contributed by atoms with Crippen LogP contribution in [0.2, 0.25) is 0 Å². The van der Waals surface area contributed by atoms with Gasteiger partial charge >= 0.3 is 0 Å². The van der Waals surface area contributed by atoms with Crippen LogP contribution in [0, 0.1) is 13.8 Å². The number of nitrogens with zero attached hydrogens (tertiary/aromatic N) is 4. The van der Waals surface area contributed by atoms with Gasteiger partial charge in [0.15, 0.2) is 0 Å². The molecule has 0 fully saturated rings. The van der Waals surface area contributed by atoms with Crippen LogP contribution < -0.4 is 5.32 Å². The molecular weight excluding hydrogens is 302 g/mol. The minimum absolute atomic E-state index is 0.0124. The number of anilines is 1. The molecule has 124 valence electrons. The molecule has 0 radical (unpaired) electrons. The molecule has 3 aromatic rings. The van der Waals surface area contributed by atoms with Gasteiger partial charge in [0.25, 0.3) is 0 Å². The Labute approximate surface area is 141 Å². The zero-order valence-corrected chi connectivity index (χ0v) is 14.2. The number of carbonyl (C=O) groups excluding carboxylic acids is 1. The van der Waals surface area contributed by atoms with E-state index in [1.54, 1.807) is 10.9 Å². The van der Waals surface area contributed by atoms with Crippen molar-refractivity contribution in [2.45, 2.75) is 26.7 Å². The average molecular weight is 323 g/mol. The normalized spacial score (nSPS) is 10.8. The van der Waals surface area contributed by atoms with Gasteiger partial charge in [-0.25, -0.2) is 4.68 Å². The molecule has 0 unspecified atom stereocenters. The minimum Gasteiger partial charge on any atom is -0.323 e. The molecule has 0 bridgehead atoms. The summed E-state index contributed by atoms with van der Waals surface area (Å²) in [5.41, 5.74) is 4.64. The van der Waals surface area contributed by atoms with E-state index in [0.29, 0.717) is 12.8 Å². The molecule has 0 aliphatic rings. The molecule has 6 nitrogen and oxygen atoms in total. The minimum atomic E-state index is -0.0124. The molecule has 1 N–H and O–H groups in total. The van der Waals surface area contributed by atoms with Crippen molar-refractivity contribution in [1.29, 1.82) is 0 Å². The van der Waals surface area contributed by atoms with E-state index < -0.39 is 0 Å². The second kappa shape index (κ2) is 6.70. The number of benzene rings is 1. The highest BCUT2D eigenvalue weighted by Crippen LogP contribution is 2.18. The van der Waals surface area contributed by atoms with Crippen LogP contribution in [0.1, 0.15) is 23.4 Å². The van der Waals surface area contributed by atoms with Gasteiger partial charge in [0.2, 0.25) is 5.91 Å². The second-order valence-corrected chi connectivity index (χ2v) is 5.85. The van der Waals surface area contributed by atoms with Crippen molar-refractivity contribution >= 4 is 11.6 Å². The van der Waals surface area contributed by atoms with Crippen LogP contribution in [0.3, 0.4) is 0 Å². The van der Waals surface area contributed by atoms with Gasteiger partial charge in [-0.15, -0.1) is 0 Å². The number of hydrogen-bond donors (Lipinski definition) is 1. The van der Waals surface area contributed by atoms with Crippen LogP contribution in [0.15, 0.2) is 42.7 Å². The van der Waals surface area contributed by atoms with E-state index in [2.05, 4.69) is 15.5 Å². The molecule has 3 rings (SSSR count). The van der Waals surface area contributed by atoms with Crippen molar-refractivity contribution in [3.8, 4) is 5.69 Å². The summed E-state index contributed by atoms with van der Waals surface area (Å²) in [5, 5.41) is 11.6. The lowest BCUT2D eigenvalue weighted by Crippen LogP contribution is -2.13. The topological polar surface area (TPSA) is 64.7 Å². The Bertz CT molecular complexity index is 848. The number of para-hydroxylation sites is 1. The van der Waals surface area contributed by atoms with Crippen molar-refractivity contribution in [1.82, 2.24) is 19.6 Å². The third-order valence-electron chi connectivity index (χ3n) is 4.07. The lowest BCUT2D eigenvalue weighted by molar-refractivity contribution is -0.116. The van der Waals surface area contributed by atoms with E-state index in [1.807, 2.05) is 62.1 Å². The molecule has 6 heteroatoms. The number of hydrogen-bond acceptors (Lipinski definition) is 3. The third-order valence-corrected chi connectivity index (χ3v) is 4.07. The van der Waals surface area contributed by atoms with Gasteiger partial charge in [-0.3, -0.25) is 9.48 Å². The fourth-order valence-electron chi connectivity index (χ4n) is 2.63. The van der Waals surface area contributed by atoms with Gasteiger partial charge in [0, 0.05) is 19.7 Å². The van der Waals surface area contributed by atoms with Crippen LogP contribution in [0.25, 0.3) is 5.69 Å². The molecule has 2 heterocycles. The number of rotatable bonds is 5. The molecule has 0 atom stereocenters. The standard InChI is InChI=1S/C18H21N5O/c1-13-18(14(2)22(3)21-13)20-17(24)10-9-15-11-19-23(12-15)16-7-5-4-6-8-16/h4-8,11-12H,9-10H2,1-3H3,(H,20,24). The molecule has 24 heavy (non-hydrogen) atoms. The van der Waals surface area contributed by atoms with Gasteiger partial charge in [0.05, 0.1) is 29.0 Å². The van der Waals surface area contributed by atoms with E-state index in [4.69, 9.17) is 0 Å². The van der Waals surface area contributed by atoms with Gasteiger partial charge in [-0.2, -0.15) is 10.2 Å². The highest BCUT2D eigenvalue weighted by atomic mass is 16.1. The first-order chi connectivity index (χ1) is 11.5. The van der Waals surface area contributed by atoms with Gasteiger partial charge in [-0.1, -0.05) is 18.2 Å².